The maximum absolute atomic E-state index is 11.7. The quantitative estimate of drug-likeness (QED) is 0.218. The first kappa shape index (κ1) is 24.2. The van der Waals surface area contributed by atoms with Crippen LogP contribution in [0.1, 0.15) is 0 Å². The lowest BCUT2D eigenvalue weighted by atomic mass is 9.87. The van der Waals surface area contributed by atoms with E-state index in [2.05, 4.69) is 0 Å². The molecule has 0 saturated heterocycles. The van der Waals surface area contributed by atoms with Gasteiger partial charge in [0.25, 0.3) is 0 Å². The van der Waals surface area contributed by atoms with Gasteiger partial charge >= 0.3 is 0 Å². The van der Waals surface area contributed by atoms with Crippen molar-refractivity contribution in [1.82, 2.24) is 0 Å². The van der Waals surface area contributed by atoms with Crippen LogP contribution >= 0.6 is 0 Å². The third-order valence-electron chi connectivity index (χ3n) is 7.30. The molecule has 0 amide bonds. The number of phenols is 3. The Morgan fingerprint density at radius 3 is 1.31 bits per heavy atom. The molecular weight excluding hydrogens is 492 g/mol. The van der Waals surface area contributed by atoms with Crippen molar-refractivity contribution >= 4 is 32.3 Å². The molecule has 0 atom stereocenters. The van der Waals surface area contributed by atoms with Crippen molar-refractivity contribution in [3.05, 3.63) is 84.9 Å². The summed E-state index contributed by atoms with van der Waals surface area (Å²) < 4.78 is 16.8. The average Bonchev–Trinajstić information content (AvgIpc) is 2.97. The molecule has 3 N–H and O–H groups in total. The van der Waals surface area contributed by atoms with E-state index in [1.807, 2.05) is 60.7 Å². The molecule has 0 spiro atoms. The van der Waals surface area contributed by atoms with Gasteiger partial charge in [0.2, 0.25) is 0 Å². The van der Waals surface area contributed by atoms with Gasteiger partial charge in [-0.2, -0.15) is 0 Å². The SMILES string of the molecule is COc1cccc2c(-c3cc(-c4ccc(O)c5c(OC)cccc45)c4cccc(OC)c4c3O)ccc(O)c12. The van der Waals surface area contributed by atoms with E-state index in [-0.39, 0.29) is 17.2 Å². The molecule has 0 bridgehead atoms. The number of aromatic hydroxyl groups is 3. The zero-order valence-corrected chi connectivity index (χ0v) is 21.6. The maximum atomic E-state index is 11.7. The van der Waals surface area contributed by atoms with E-state index in [1.54, 1.807) is 45.6 Å². The standard InChI is InChI=1S/C33H26O6/c1-37-27-10-4-7-20-18(13-15-25(34)30(20)27)23-17-24(33(36)32-22(23)9-6-12-29(32)39-3)19-14-16-26(35)31-21(19)8-5-11-28(31)38-2/h4-17,34-36H,1-3H3. The second kappa shape index (κ2) is 9.33. The molecule has 0 unspecified atom stereocenters. The smallest absolute Gasteiger partial charge is 0.135 e. The lowest BCUT2D eigenvalue weighted by molar-refractivity contribution is 0.415. The number of hydrogen-bond acceptors (Lipinski definition) is 6. The number of benzene rings is 6. The van der Waals surface area contributed by atoms with E-state index in [1.165, 1.54) is 0 Å². The Balaban J connectivity index is 1.78. The van der Waals surface area contributed by atoms with Crippen molar-refractivity contribution in [2.75, 3.05) is 21.3 Å². The molecule has 0 radical (unpaired) electrons. The van der Waals surface area contributed by atoms with Crippen molar-refractivity contribution in [2.45, 2.75) is 0 Å². The largest absolute Gasteiger partial charge is 0.507 e. The summed E-state index contributed by atoms with van der Waals surface area (Å²) in [6.07, 6.45) is 0. The Hall–Kier alpha value is -5.10. The lowest BCUT2D eigenvalue weighted by Gasteiger charge is -2.19. The second-order valence-corrected chi connectivity index (χ2v) is 9.23. The highest BCUT2D eigenvalue weighted by Crippen LogP contribution is 2.50. The topological polar surface area (TPSA) is 88.4 Å². The molecule has 6 nitrogen and oxygen atoms in total. The molecule has 0 aliphatic carbocycles. The predicted octanol–water partition coefficient (Wildman–Crippen LogP) is 7.62. The fourth-order valence-electron chi connectivity index (χ4n) is 5.54. The minimum Gasteiger partial charge on any atom is -0.507 e. The molecule has 6 aromatic rings. The lowest BCUT2D eigenvalue weighted by Crippen LogP contribution is -1.93. The van der Waals surface area contributed by atoms with Gasteiger partial charge in [-0.05, 0) is 75.3 Å². The van der Waals surface area contributed by atoms with Crippen LogP contribution < -0.4 is 14.2 Å². The maximum Gasteiger partial charge on any atom is 0.135 e. The number of ether oxygens (including phenoxy) is 3. The molecular formula is C33H26O6. The third kappa shape index (κ3) is 3.64. The molecule has 6 aromatic carbocycles. The summed E-state index contributed by atoms with van der Waals surface area (Å²) in [5.41, 5.74) is 2.96. The molecule has 6 heteroatoms. The molecule has 39 heavy (non-hydrogen) atoms. The Kier molecular flexibility index (Phi) is 5.80. The van der Waals surface area contributed by atoms with Gasteiger partial charge in [0, 0.05) is 5.56 Å². The summed E-state index contributed by atoms with van der Waals surface area (Å²) in [5.74, 6) is 1.87. The summed E-state index contributed by atoms with van der Waals surface area (Å²) >= 11 is 0. The Bertz CT molecular complexity index is 1910. The van der Waals surface area contributed by atoms with E-state index >= 15 is 0 Å². The van der Waals surface area contributed by atoms with E-state index in [9.17, 15) is 15.3 Å². The first-order valence-electron chi connectivity index (χ1n) is 12.4. The van der Waals surface area contributed by atoms with Crippen molar-refractivity contribution in [1.29, 1.82) is 0 Å². The molecule has 0 aliphatic rings. The summed E-state index contributed by atoms with van der Waals surface area (Å²) in [4.78, 5) is 0. The molecule has 0 saturated carbocycles. The summed E-state index contributed by atoms with van der Waals surface area (Å²) in [7, 11) is 4.70. The van der Waals surface area contributed by atoms with Crippen LogP contribution in [0, 0.1) is 0 Å². The second-order valence-electron chi connectivity index (χ2n) is 9.23. The van der Waals surface area contributed by atoms with Crippen LogP contribution in [0.3, 0.4) is 0 Å². The minimum absolute atomic E-state index is 0.0571. The first-order chi connectivity index (χ1) is 19.0. The molecule has 0 heterocycles. The Labute approximate surface area is 224 Å². The van der Waals surface area contributed by atoms with Gasteiger partial charge in [-0.1, -0.05) is 42.5 Å². The monoisotopic (exact) mass is 518 g/mol. The number of methoxy groups -OCH3 is 3. The third-order valence-corrected chi connectivity index (χ3v) is 7.30. The Morgan fingerprint density at radius 2 is 0.846 bits per heavy atom. The number of rotatable bonds is 5. The van der Waals surface area contributed by atoms with Crippen LogP contribution in [0.25, 0.3) is 54.6 Å². The number of phenolic OH excluding ortho intramolecular Hbond substituents is 3. The van der Waals surface area contributed by atoms with Crippen molar-refractivity contribution < 1.29 is 29.5 Å². The van der Waals surface area contributed by atoms with Gasteiger partial charge in [0.1, 0.15) is 34.5 Å². The van der Waals surface area contributed by atoms with E-state index in [0.717, 1.165) is 27.3 Å². The zero-order chi connectivity index (χ0) is 27.3. The first-order valence-corrected chi connectivity index (χ1v) is 12.4. The summed E-state index contributed by atoms with van der Waals surface area (Å²) in [5, 5.41) is 37.2. The van der Waals surface area contributed by atoms with Crippen molar-refractivity contribution in [2.24, 2.45) is 0 Å². The van der Waals surface area contributed by atoms with Gasteiger partial charge in [0.05, 0.1) is 37.5 Å². The highest BCUT2D eigenvalue weighted by Gasteiger charge is 2.22. The summed E-state index contributed by atoms with van der Waals surface area (Å²) in [6, 6.07) is 25.6. The normalized spacial score (nSPS) is 11.3. The van der Waals surface area contributed by atoms with Gasteiger partial charge < -0.3 is 29.5 Å². The highest BCUT2D eigenvalue weighted by atomic mass is 16.5. The van der Waals surface area contributed by atoms with Gasteiger partial charge in [0.15, 0.2) is 0 Å². The van der Waals surface area contributed by atoms with Crippen molar-refractivity contribution in [3.63, 3.8) is 0 Å². The molecule has 0 aliphatic heterocycles. The molecule has 6 rings (SSSR count). The van der Waals surface area contributed by atoms with Gasteiger partial charge in [-0.15, -0.1) is 0 Å². The molecule has 0 aromatic heterocycles. The molecule has 0 fully saturated rings. The highest BCUT2D eigenvalue weighted by molar-refractivity contribution is 6.15. The fraction of sp³-hybridized carbons (Fsp3) is 0.0909. The van der Waals surface area contributed by atoms with Crippen LogP contribution in [-0.4, -0.2) is 36.6 Å². The van der Waals surface area contributed by atoms with Crippen molar-refractivity contribution in [3.8, 4) is 56.8 Å². The summed E-state index contributed by atoms with van der Waals surface area (Å²) in [6.45, 7) is 0. The van der Waals surface area contributed by atoms with Crippen LogP contribution in [0.15, 0.2) is 84.9 Å². The van der Waals surface area contributed by atoms with Crippen LogP contribution in [-0.2, 0) is 0 Å². The van der Waals surface area contributed by atoms with Crippen LogP contribution in [0.4, 0.5) is 0 Å². The molecule has 194 valence electrons. The van der Waals surface area contributed by atoms with E-state index in [0.29, 0.717) is 44.5 Å². The number of hydrogen-bond donors (Lipinski definition) is 3. The number of fused-ring (bicyclic) bond motifs is 3. The van der Waals surface area contributed by atoms with Gasteiger partial charge in [-0.3, -0.25) is 0 Å². The van der Waals surface area contributed by atoms with E-state index < -0.39 is 0 Å². The van der Waals surface area contributed by atoms with E-state index in [4.69, 9.17) is 14.2 Å². The Morgan fingerprint density at radius 1 is 0.436 bits per heavy atom. The van der Waals surface area contributed by atoms with Gasteiger partial charge in [-0.25, -0.2) is 0 Å². The minimum atomic E-state index is 0.0571. The van der Waals surface area contributed by atoms with Crippen LogP contribution in [0.2, 0.25) is 0 Å². The predicted molar refractivity (Wildman–Crippen MR) is 154 cm³/mol. The van der Waals surface area contributed by atoms with Crippen LogP contribution in [0.5, 0.6) is 34.5 Å². The fourth-order valence-corrected chi connectivity index (χ4v) is 5.54. The average molecular weight is 519 g/mol. The zero-order valence-electron chi connectivity index (χ0n) is 21.6.